The van der Waals surface area contributed by atoms with Gasteiger partial charge < -0.3 is 4.84 Å². The van der Waals surface area contributed by atoms with Gasteiger partial charge in [-0.05, 0) is 19.8 Å². The van der Waals surface area contributed by atoms with E-state index < -0.39 is 5.97 Å². The fourth-order valence-electron chi connectivity index (χ4n) is 1.16. The van der Waals surface area contributed by atoms with Crippen molar-refractivity contribution < 1.29 is 14.4 Å². The minimum Gasteiger partial charge on any atom is -0.367 e. The number of carbonyl (C=O) groups excluding carboxylic acids is 2. The smallest absolute Gasteiger partial charge is 0.332 e. The second-order valence-electron chi connectivity index (χ2n) is 2.98. The predicted octanol–water partition coefficient (Wildman–Crippen LogP) is 0.520. The second-order valence-corrected chi connectivity index (χ2v) is 2.98. The number of rotatable bonds is 3. The molecule has 0 saturated carbocycles. The number of hydrogen-bond donors (Lipinski definition) is 0. The fraction of sp³-hybridized carbons (Fsp3) is 0.750. The van der Waals surface area contributed by atoms with Gasteiger partial charge in [-0.1, -0.05) is 0 Å². The van der Waals surface area contributed by atoms with Gasteiger partial charge in [0, 0.05) is 13.1 Å². The summed E-state index contributed by atoms with van der Waals surface area (Å²) in [6, 6.07) is 0. The second kappa shape index (κ2) is 4.21. The van der Waals surface area contributed by atoms with Crippen LogP contribution in [0.2, 0.25) is 0 Å². The van der Waals surface area contributed by atoms with Gasteiger partial charge >= 0.3 is 5.97 Å². The van der Waals surface area contributed by atoms with E-state index in [0.717, 1.165) is 25.9 Å². The van der Waals surface area contributed by atoms with Crippen LogP contribution < -0.4 is 0 Å². The maximum atomic E-state index is 10.9. The van der Waals surface area contributed by atoms with Crippen LogP contribution in [0.25, 0.3) is 0 Å². The number of carbonyl (C=O) groups is 2. The molecule has 0 N–H and O–H groups in total. The van der Waals surface area contributed by atoms with E-state index in [1.165, 1.54) is 6.92 Å². The van der Waals surface area contributed by atoms with Gasteiger partial charge in [0.2, 0.25) is 0 Å². The van der Waals surface area contributed by atoms with E-state index >= 15 is 0 Å². The van der Waals surface area contributed by atoms with Crippen LogP contribution in [0.5, 0.6) is 0 Å². The third kappa shape index (κ3) is 3.00. The van der Waals surface area contributed by atoms with Crippen LogP contribution >= 0.6 is 0 Å². The summed E-state index contributed by atoms with van der Waals surface area (Å²) in [5, 5.41) is 1.62. The minimum atomic E-state index is -0.440. The Bertz CT molecular complexity index is 185. The quantitative estimate of drug-likeness (QED) is 0.581. The molecule has 0 unspecified atom stereocenters. The number of hydrogen-bond acceptors (Lipinski definition) is 4. The van der Waals surface area contributed by atoms with Crippen molar-refractivity contribution in [2.75, 3.05) is 13.1 Å². The molecule has 1 aliphatic heterocycles. The third-order valence-corrected chi connectivity index (χ3v) is 1.69. The van der Waals surface area contributed by atoms with Crippen molar-refractivity contribution in [3.63, 3.8) is 0 Å². The van der Waals surface area contributed by atoms with Crippen molar-refractivity contribution in [3.8, 4) is 0 Å². The van der Waals surface area contributed by atoms with Crippen molar-refractivity contribution in [2.24, 2.45) is 0 Å². The molecule has 1 rings (SSSR count). The SMILES string of the molecule is CC(=O)CC(=O)ON1CCCC1. The summed E-state index contributed by atoms with van der Waals surface area (Å²) in [4.78, 5) is 26.3. The molecule has 0 aromatic heterocycles. The van der Waals surface area contributed by atoms with Crippen molar-refractivity contribution in [3.05, 3.63) is 0 Å². The Balaban J connectivity index is 2.20. The van der Waals surface area contributed by atoms with Gasteiger partial charge in [0.15, 0.2) is 0 Å². The first-order valence-corrected chi connectivity index (χ1v) is 4.13. The summed E-state index contributed by atoms with van der Waals surface area (Å²) in [5.41, 5.74) is 0. The third-order valence-electron chi connectivity index (χ3n) is 1.69. The molecule has 1 heterocycles. The molecule has 0 aliphatic carbocycles. The van der Waals surface area contributed by atoms with Crippen molar-refractivity contribution in [2.45, 2.75) is 26.2 Å². The Hall–Kier alpha value is -0.900. The Kier molecular flexibility index (Phi) is 3.22. The molecule has 4 heteroatoms. The van der Waals surface area contributed by atoms with E-state index in [1.54, 1.807) is 5.06 Å². The van der Waals surface area contributed by atoms with E-state index in [4.69, 9.17) is 4.84 Å². The highest BCUT2D eigenvalue weighted by Gasteiger charge is 2.16. The van der Waals surface area contributed by atoms with E-state index in [-0.39, 0.29) is 12.2 Å². The first-order chi connectivity index (χ1) is 5.68. The molecule has 1 saturated heterocycles. The zero-order chi connectivity index (χ0) is 8.97. The summed E-state index contributed by atoms with van der Waals surface area (Å²) in [6.07, 6.45) is 2.01. The lowest BCUT2D eigenvalue weighted by Gasteiger charge is -2.12. The van der Waals surface area contributed by atoms with Crippen LogP contribution in [0.3, 0.4) is 0 Å². The molecule has 0 atom stereocenters. The van der Waals surface area contributed by atoms with E-state index in [9.17, 15) is 9.59 Å². The Morgan fingerprint density at radius 3 is 2.42 bits per heavy atom. The van der Waals surface area contributed by atoms with Crippen molar-refractivity contribution in [1.29, 1.82) is 0 Å². The molecule has 12 heavy (non-hydrogen) atoms. The number of nitrogens with zero attached hydrogens (tertiary/aromatic N) is 1. The maximum Gasteiger partial charge on any atom is 0.332 e. The molecule has 0 bridgehead atoms. The van der Waals surface area contributed by atoms with Gasteiger partial charge in [-0.15, -0.1) is 5.06 Å². The summed E-state index contributed by atoms with van der Waals surface area (Å²) in [7, 11) is 0. The highest BCUT2D eigenvalue weighted by Crippen LogP contribution is 2.08. The lowest BCUT2D eigenvalue weighted by molar-refractivity contribution is -0.185. The van der Waals surface area contributed by atoms with Crippen molar-refractivity contribution in [1.82, 2.24) is 5.06 Å². The molecule has 4 nitrogen and oxygen atoms in total. The standard InChI is InChI=1S/C8H13NO3/c1-7(10)6-8(11)12-9-4-2-3-5-9/h2-6H2,1H3. The predicted molar refractivity (Wildman–Crippen MR) is 42.2 cm³/mol. The molecule has 0 spiro atoms. The van der Waals surface area contributed by atoms with Crippen LogP contribution in [0.1, 0.15) is 26.2 Å². The topological polar surface area (TPSA) is 46.6 Å². The Morgan fingerprint density at radius 2 is 1.92 bits per heavy atom. The van der Waals surface area contributed by atoms with E-state index in [1.807, 2.05) is 0 Å². The molecule has 0 aromatic carbocycles. The molecule has 1 fully saturated rings. The monoisotopic (exact) mass is 171 g/mol. The molecule has 0 radical (unpaired) electrons. The zero-order valence-electron chi connectivity index (χ0n) is 7.21. The Morgan fingerprint density at radius 1 is 1.33 bits per heavy atom. The van der Waals surface area contributed by atoms with Gasteiger partial charge in [-0.2, -0.15) is 0 Å². The zero-order valence-corrected chi connectivity index (χ0v) is 7.21. The van der Waals surface area contributed by atoms with Crippen molar-refractivity contribution >= 4 is 11.8 Å². The molecular formula is C8H13NO3. The molecule has 1 aliphatic rings. The summed E-state index contributed by atoms with van der Waals surface area (Å²) < 4.78 is 0. The highest BCUT2D eigenvalue weighted by atomic mass is 16.7. The van der Waals surface area contributed by atoms with Gasteiger partial charge in [-0.3, -0.25) is 4.79 Å². The number of ketones is 1. The number of hydroxylamine groups is 2. The maximum absolute atomic E-state index is 10.9. The first-order valence-electron chi connectivity index (χ1n) is 4.13. The lowest BCUT2D eigenvalue weighted by atomic mass is 10.3. The fourth-order valence-corrected chi connectivity index (χ4v) is 1.16. The summed E-state index contributed by atoms with van der Waals surface area (Å²) in [5.74, 6) is -0.594. The largest absolute Gasteiger partial charge is 0.367 e. The number of Topliss-reactive ketones (excluding diaryl/α,β-unsaturated/α-hetero) is 1. The van der Waals surface area contributed by atoms with E-state index in [2.05, 4.69) is 0 Å². The first kappa shape index (κ1) is 9.19. The minimum absolute atomic E-state index is 0.115. The van der Waals surface area contributed by atoms with Gasteiger partial charge in [0.25, 0.3) is 0 Å². The average Bonchev–Trinajstić information content (AvgIpc) is 2.37. The molecule has 0 aromatic rings. The van der Waals surface area contributed by atoms with Crippen LogP contribution in [0.15, 0.2) is 0 Å². The van der Waals surface area contributed by atoms with Crippen LogP contribution in [0, 0.1) is 0 Å². The molecule has 68 valence electrons. The van der Waals surface area contributed by atoms with Crippen LogP contribution in [-0.4, -0.2) is 29.9 Å². The van der Waals surface area contributed by atoms with Gasteiger partial charge in [-0.25, -0.2) is 4.79 Å². The van der Waals surface area contributed by atoms with E-state index in [0.29, 0.717) is 0 Å². The van der Waals surface area contributed by atoms with Gasteiger partial charge in [0.1, 0.15) is 12.2 Å². The van der Waals surface area contributed by atoms with Crippen LogP contribution in [0.4, 0.5) is 0 Å². The summed E-state index contributed by atoms with van der Waals surface area (Å²) >= 11 is 0. The lowest BCUT2D eigenvalue weighted by Crippen LogP contribution is -2.24. The highest BCUT2D eigenvalue weighted by molar-refractivity contribution is 5.93. The summed E-state index contributed by atoms with van der Waals surface area (Å²) in [6.45, 7) is 2.97. The molecular weight excluding hydrogens is 158 g/mol. The van der Waals surface area contributed by atoms with Gasteiger partial charge in [0.05, 0.1) is 0 Å². The normalized spacial score (nSPS) is 17.8. The molecule has 0 amide bonds. The van der Waals surface area contributed by atoms with Crippen LogP contribution in [-0.2, 0) is 14.4 Å². The average molecular weight is 171 g/mol. The Labute approximate surface area is 71.4 Å².